The number of nitrogens with zero attached hydrogens (tertiary/aromatic N) is 2. The minimum absolute atomic E-state index is 0.629. The predicted molar refractivity (Wildman–Crippen MR) is 68.4 cm³/mol. The first kappa shape index (κ1) is 13.1. The molecule has 1 atom stereocenters. The molecule has 1 unspecified atom stereocenters. The van der Waals surface area contributed by atoms with E-state index in [-0.39, 0.29) is 0 Å². The van der Waals surface area contributed by atoms with Gasteiger partial charge in [-0.3, -0.25) is 0 Å². The number of aromatic nitrogens is 2. The van der Waals surface area contributed by atoms with Crippen LogP contribution in [0.15, 0.2) is 18.6 Å². The molecule has 0 aliphatic rings. The van der Waals surface area contributed by atoms with Crippen molar-refractivity contribution in [2.24, 2.45) is 0 Å². The molecule has 0 bridgehead atoms. The molecule has 0 spiro atoms. The van der Waals surface area contributed by atoms with Crippen molar-refractivity contribution < 1.29 is 0 Å². The molecule has 2 heteroatoms. The van der Waals surface area contributed by atoms with E-state index in [0.717, 1.165) is 0 Å². The molecule has 0 saturated carbocycles. The summed E-state index contributed by atoms with van der Waals surface area (Å²) < 4.78 is 0. The molecule has 0 aliphatic heterocycles. The zero-order valence-corrected chi connectivity index (χ0v) is 10.7. The third kappa shape index (κ3) is 4.73. The van der Waals surface area contributed by atoms with E-state index in [1.165, 1.54) is 50.6 Å². The van der Waals surface area contributed by atoms with Crippen molar-refractivity contribution in [2.45, 2.75) is 64.7 Å². The molecule has 0 aliphatic carbocycles. The van der Waals surface area contributed by atoms with E-state index in [1.54, 1.807) is 6.33 Å². The van der Waals surface area contributed by atoms with Crippen LogP contribution in [0.1, 0.15) is 70.4 Å². The highest BCUT2D eigenvalue weighted by molar-refractivity contribution is 5.05. The van der Waals surface area contributed by atoms with Gasteiger partial charge in [-0.2, -0.15) is 0 Å². The molecule has 1 aromatic heterocycles. The van der Waals surface area contributed by atoms with E-state index in [2.05, 4.69) is 29.9 Å². The summed E-state index contributed by atoms with van der Waals surface area (Å²) in [6.45, 7) is 4.51. The molecule has 1 aromatic rings. The summed E-state index contributed by atoms with van der Waals surface area (Å²) >= 11 is 0. The smallest absolute Gasteiger partial charge is 0.115 e. The zero-order valence-electron chi connectivity index (χ0n) is 10.7. The van der Waals surface area contributed by atoms with Crippen molar-refractivity contribution in [3.05, 3.63) is 24.3 Å². The fraction of sp³-hybridized carbons (Fsp3) is 0.714. The van der Waals surface area contributed by atoms with Crippen LogP contribution in [0.3, 0.4) is 0 Å². The molecule has 0 amide bonds. The van der Waals surface area contributed by atoms with Gasteiger partial charge in [-0.1, -0.05) is 46.0 Å². The summed E-state index contributed by atoms with van der Waals surface area (Å²) in [7, 11) is 0. The molecule has 0 aromatic carbocycles. The molecule has 90 valence electrons. The van der Waals surface area contributed by atoms with Gasteiger partial charge < -0.3 is 0 Å². The highest BCUT2D eigenvalue weighted by atomic mass is 14.8. The van der Waals surface area contributed by atoms with E-state index < -0.39 is 0 Å². The average molecular weight is 220 g/mol. The van der Waals surface area contributed by atoms with Gasteiger partial charge in [-0.05, 0) is 18.9 Å². The SMILES string of the molecule is CCCCCCCC(CC)c1ccncn1. The third-order valence-corrected chi connectivity index (χ3v) is 3.17. The number of hydrogen-bond donors (Lipinski definition) is 0. The van der Waals surface area contributed by atoms with Gasteiger partial charge in [-0.25, -0.2) is 9.97 Å². The Morgan fingerprint density at radius 2 is 1.94 bits per heavy atom. The normalized spacial score (nSPS) is 12.6. The van der Waals surface area contributed by atoms with Gasteiger partial charge in [0.15, 0.2) is 0 Å². The molecule has 0 radical (unpaired) electrons. The molecule has 16 heavy (non-hydrogen) atoms. The maximum atomic E-state index is 4.35. The quantitative estimate of drug-likeness (QED) is 0.609. The Balaban J connectivity index is 2.27. The Kier molecular flexibility index (Phi) is 6.78. The topological polar surface area (TPSA) is 25.8 Å². The van der Waals surface area contributed by atoms with Crippen LogP contribution in [0.25, 0.3) is 0 Å². The number of hydrogen-bond acceptors (Lipinski definition) is 2. The lowest BCUT2D eigenvalue weighted by molar-refractivity contribution is 0.526. The van der Waals surface area contributed by atoms with Crippen LogP contribution >= 0.6 is 0 Å². The van der Waals surface area contributed by atoms with Crippen LogP contribution in [0.2, 0.25) is 0 Å². The maximum Gasteiger partial charge on any atom is 0.115 e. The highest BCUT2D eigenvalue weighted by Crippen LogP contribution is 2.23. The molecular weight excluding hydrogens is 196 g/mol. The zero-order chi connectivity index (χ0) is 11.6. The lowest BCUT2D eigenvalue weighted by Crippen LogP contribution is -2.00. The first-order valence-corrected chi connectivity index (χ1v) is 6.64. The van der Waals surface area contributed by atoms with Gasteiger partial charge in [0.1, 0.15) is 6.33 Å². The van der Waals surface area contributed by atoms with Crippen LogP contribution < -0.4 is 0 Å². The van der Waals surface area contributed by atoms with Gasteiger partial charge in [0.25, 0.3) is 0 Å². The molecular formula is C14H24N2. The Hall–Kier alpha value is -0.920. The average Bonchev–Trinajstić information content (AvgIpc) is 2.35. The Morgan fingerprint density at radius 1 is 1.12 bits per heavy atom. The van der Waals surface area contributed by atoms with E-state index in [9.17, 15) is 0 Å². The molecule has 2 nitrogen and oxygen atoms in total. The van der Waals surface area contributed by atoms with E-state index in [4.69, 9.17) is 0 Å². The first-order valence-electron chi connectivity index (χ1n) is 6.64. The summed E-state index contributed by atoms with van der Waals surface area (Å²) in [5.41, 5.74) is 1.22. The lowest BCUT2D eigenvalue weighted by atomic mass is 9.95. The standard InChI is InChI=1S/C14H24N2/c1-3-5-6-7-8-9-13(4-2)14-10-11-15-12-16-14/h10-13H,3-9H2,1-2H3. The first-order chi connectivity index (χ1) is 7.88. The van der Waals surface area contributed by atoms with Crippen LogP contribution in [-0.4, -0.2) is 9.97 Å². The van der Waals surface area contributed by atoms with Crippen LogP contribution in [0, 0.1) is 0 Å². The van der Waals surface area contributed by atoms with Gasteiger partial charge in [-0.15, -0.1) is 0 Å². The summed E-state index contributed by atoms with van der Waals surface area (Å²) in [4.78, 5) is 8.33. The third-order valence-electron chi connectivity index (χ3n) is 3.17. The maximum absolute atomic E-state index is 4.35. The minimum Gasteiger partial charge on any atom is -0.245 e. The fourth-order valence-corrected chi connectivity index (χ4v) is 2.10. The van der Waals surface area contributed by atoms with Crippen molar-refractivity contribution in [1.29, 1.82) is 0 Å². The fourth-order valence-electron chi connectivity index (χ4n) is 2.10. The second-order valence-electron chi connectivity index (χ2n) is 4.44. The van der Waals surface area contributed by atoms with Crippen molar-refractivity contribution >= 4 is 0 Å². The van der Waals surface area contributed by atoms with Crippen molar-refractivity contribution in [2.75, 3.05) is 0 Å². The summed E-state index contributed by atoms with van der Waals surface area (Å²) in [6, 6.07) is 2.06. The second kappa shape index (κ2) is 8.26. The van der Waals surface area contributed by atoms with E-state index in [1.807, 2.05) is 6.20 Å². The molecule has 0 fully saturated rings. The van der Waals surface area contributed by atoms with E-state index >= 15 is 0 Å². The Morgan fingerprint density at radius 3 is 2.56 bits per heavy atom. The van der Waals surface area contributed by atoms with E-state index in [0.29, 0.717) is 5.92 Å². The van der Waals surface area contributed by atoms with Gasteiger partial charge in [0.2, 0.25) is 0 Å². The largest absolute Gasteiger partial charge is 0.245 e. The van der Waals surface area contributed by atoms with Gasteiger partial charge in [0.05, 0.1) is 0 Å². The van der Waals surface area contributed by atoms with Gasteiger partial charge >= 0.3 is 0 Å². The highest BCUT2D eigenvalue weighted by Gasteiger charge is 2.09. The minimum atomic E-state index is 0.629. The predicted octanol–water partition coefficient (Wildman–Crippen LogP) is 4.33. The summed E-state index contributed by atoms with van der Waals surface area (Å²) in [5.74, 6) is 0.629. The van der Waals surface area contributed by atoms with Crippen molar-refractivity contribution in [1.82, 2.24) is 9.97 Å². The Bertz CT molecular complexity index is 259. The molecule has 0 saturated heterocycles. The van der Waals surface area contributed by atoms with Gasteiger partial charge in [0, 0.05) is 17.8 Å². The Labute approximate surface area is 99.5 Å². The van der Waals surface area contributed by atoms with Crippen LogP contribution in [0.5, 0.6) is 0 Å². The monoisotopic (exact) mass is 220 g/mol. The van der Waals surface area contributed by atoms with Crippen LogP contribution in [0.4, 0.5) is 0 Å². The number of unbranched alkanes of at least 4 members (excludes halogenated alkanes) is 4. The number of rotatable bonds is 8. The molecule has 0 N–H and O–H groups in total. The second-order valence-corrected chi connectivity index (χ2v) is 4.44. The molecule has 1 heterocycles. The van der Waals surface area contributed by atoms with Crippen molar-refractivity contribution in [3.8, 4) is 0 Å². The van der Waals surface area contributed by atoms with Crippen LogP contribution in [-0.2, 0) is 0 Å². The molecule has 1 rings (SSSR count). The summed E-state index contributed by atoms with van der Waals surface area (Å²) in [5, 5.41) is 0. The lowest BCUT2D eigenvalue weighted by Gasteiger charge is -2.13. The van der Waals surface area contributed by atoms with Crippen molar-refractivity contribution in [3.63, 3.8) is 0 Å². The summed E-state index contributed by atoms with van der Waals surface area (Å²) in [6.07, 6.45) is 12.8.